The van der Waals surface area contributed by atoms with E-state index in [4.69, 9.17) is 9.84 Å². The summed E-state index contributed by atoms with van der Waals surface area (Å²) < 4.78 is 5.87. The van der Waals surface area contributed by atoms with E-state index in [1.165, 1.54) is 0 Å². The van der Waals surface area contributed by atoms with Gasteiger partial charge in [-0.1, -0.05) is 0 Å². The van der Waals surface area contributed by atoms with E-state index in [0.717, 1.165) is 0 Å². The summed E-state index contributed by atoms with van der Waals surface area (Å²) in [5.74, 6) is -0.330. The number of carbonyl (C=O) groups is 1. The van der Waals surface area contributed by atoms with Gasteiger partial charge in [0, 0.05) is 10.0 Å². The highest BCUT2D eigenvalue weighted by atomic mass is 79.9. The lowest BCUT2D eigenvalue weighted by Gasteiger charge is -2.10. The van der Waals surface area contributed by atoms with Gasteiger partial charge in [0.25, 0.3) is 0 Å². The molecule has 1 aromatic rings. The normalized spacial score (nSPS) is 9.93. The van der Waals surface area contributed by atoms with Crippen LogP contribution in [0.15, 0.2) is 16.6 Å². The monoisotopic (exact) mass is 258 g/mol. The van der Waals surface area contributed by atoms with Crippen LogP contribution in [0.5, 0.6) is 5.75 Å². The number of aromatic carboxylic acids is 1. The van der Waals surface area contributed by atoms with Gasteiger partial charge in [-0.2, -0.15) is 0 Å². The first-order valence-corrected chi connectivity index (χ1v) is 5.02. The van der Waals surface area contributed by atoms with Crippen molar-refractivity contribution in [1.29, 1.82) is 0 Å². The maximum absolute atomic E-state index is 10.9. The Kier molecular flexibility index (Phi) is 3.52. The molecule has 0 spiro atoms. The van der Waals surface area contributed by atoms with E-state index in [-0.39, 0.29) is 5.56 Å². The van der Waals surface area contributed by atoms with Gasteiger partial charge in [-0.05, 0) is 41.9 Å². The van der Waals surface area contributed by atoms with Crippen molar-refractivity contribution >= 4 is 21.9 Å². The van der Waals surface area contributed by atoms with Gasteiger partial charge >= 0.3 is 5.97 Å². The predicted octanol–water partition coefficient (Wildman–Crippen LogP) is 2.85. The molecule has 4 heteroatoms. The van der Waals surface area contributed by atoms with Crippen LogP contribution < -0.4 is 4.74 Å². The van der Waals surface area contributed by atoms with Crippen LogP contribution in [0.4, 0.5) is 0 Å². The average molecular weight is 259 g/mol. The zero-order valence-electron chi connectivity index (χ0n) is 8.00. The van der Waals surface area contributed by atoms with Crippen LogP contribution in [-0.2, 0) is 0 Å². The summed E-state index contributed by atoms with van der Waals surface area (Å²) in [5, 5.41) is 8.95. The first-order chi connectivity index (χ1) is 6.57. The second-order valence-corrected chi connectivity index (χ2v) is 3.64. The van der Waals surface area contributed by atoms with Gasteiger partial charge in [0.1, 0.15) is 5.75 Å². The Morgan fingerprint density at radius 2 is 2.21 bits per heavy atom. The molecule has 0 unspecified atom stereocenters. The first-order valence-electron chi connectivity index (χ1n) is 4.23. The van der Waals surface area contributed by atoms with Crippen molar-refractivity contribution in [3.8, 4) is 5.75 Å². The molecule has 0 aliphatic rings. The van der Waals surface area contributed by atoms with Crippen molar-refractivity contribution in [2.24, 2.45) is 0 Å². The standard InChI is InChI=1S/C10H11BrO3/c1-3-14-8-5-4-7(11)9(6(8)2)10(12)13/h4-5H,3H2,1-2H3,(H,12,13). The molecule has 0 bridgehead atoms. The Labute approximate surface area is 90.8 Å². The Morgan fingerprint density at radius 1 is 1.57 bits per heavy atom. The van der Waals surface area contributed by atoms with Gasteiger partial charge in [0.15, 0.2) is 0 Å². The lowest BCUT2D eigenvalue weighted by Crippen LogP contribution is -2.04. The van der Waals surface area contributed by atoms with E-state index in [2.05, 4.69) is 15.9 Å². The molecule has 0 saturated carbocycles. The Bertz CT molecular complexity index is 361. The Hall–Kier alpha value is -1.03. The largest absolute Gasteiger partial charge is 0.494 e. The minimum Gasteiger partial charge on any atom is -0.494 e. The topological polar surface area (TPSA) is 46.5 Å². The van der Waals surface area contributed by atoms with Gasteiger partial charge in [-0.25, -0.2) is 4.79 Å². The van der Waals surface area contributed by atoms with Crippen molar-refractivity contribution in [2.75, 3.05) is 6.61 Å². The summed E-state index contributed by atoms with van der Waals surface area (Å²) in [4.78, 5) is 10.9. The SMILES string of the molecule is CCOc1ccc(Br)c(C(=O)O)c1C. The van der Waals surface area contributed by atoms with E-state index < -0.39 is 5.97 Å². The highest BCUT2D eigenvalue weighted by Gasteiger charge is 2.15. The van der Waals surface area contributed by atoms with Gasteiger partial charge in [0.2, 0.25) is 0 Å². The van der Waals surface area contributed by atoms with Crippen molar-refractivity contribution in [3.05, 3.63) is 27.7 Å². The lowest BCUT2D eigenvalue weighted by molar-refractivity contribution is 0.0694. The van der Waals surface area contributed by atoms with Crippen molar-refractivity contribution < 1.29 is 14.6 Å². The average Bonchev–Trinajstić information content (AvgIpc) is 2.10. The highest BCUT2D eigenvalue weighted by Crippen LogP contribution is 2.28. The minimum atomic E-state index is -0.948. The van der Waals surface area contributed by atoms with Gasteiger partial charge in [0.05, 0.1) is 12.2 Å². The second-order valence-electron chi connectivity index (χ2n) is 2.78. The van der Waals surface area contributed by atoms with Gasteiger partial charge in [-0.3, -0.25) is 0 Å². The summed E-state index contributed by atoms with van der Waals surface area (Å²) in [6, 6.07) is 3.44. The molecule has 0 saturated heterocycles. The summed E-state index contributed by atoms with van der Waals surface area (Å²) in [6.07, 6.45) is 0. The smallest absolute Gasteiger partial charge is 0.337 e. The van der Waals surface area contributed by atoms with Crippen LogP contribution in [0.3, 0.4) is 0 Å². The third-order valence-corrected chi connectivity index (χ3v) is 2.54. The summed E-state index contributed by atoms with van der Waals surface area (Å²) in [5.41, 5.74) is 0.907. The van der Waals surface area contributed by atoms with E-state index in [1.807, 2.05) is 6.92 Å². The van der Waals surface area contributed by atoms with E-state index in [1.54, 1.807) is 19.1 Å². The van der Waals surface area contributed by atoms with E-state index in [9.17, 15) is 4.79 Å². The number of hydrogen-bond donors (Lipinski definition) is 1. The highest BCUT2D eigenvalue weighted by molar-refractivity contribution is 9.10. The molecule has 0 aliphatic carbocycles. The zero-order chi connectivity index (χ0) is 10.7. The molecule has 1 rings (SSSR count). The number of rotatable bonds is 3. The lowest BCUT2D eigenvalue weighted by atomic mass is 10.1. The van der Waals surface area contributed by atoms with Crippen LogP contribution >= 0.6 is 15.9 Å². The first kappa shape index (κ1) is 11.0. The molecule has 0 amide bonds. The summed E-state index contributed by atoms with van der Waals surface area (Å²) in [6.45, 7) is 4.13. The van der Waals surface area contributed by atoms with Crippen molar-refractivity contribution in [3.63, 3.8) is 0 Å². The Balaban J connectivity index is 3.26. The molecule has 1 aromatic carbocycles. The molecule has 0 atom stereocenters. The Morgan fingerprint density at radius 3 is 2.71 bits per heavy atom. The minimum absolute atomic E-state index is 0.260. The fourth-order valence-corrected chi connectivity index (χ4v) is 1.83. The maximum Gasteiger partial charge on any atom is 0.337 e. The molecule has 0 aliphatic heterocycles. The number of carboxylic acid groups (broad SMARTS) is 1. The maximum atomic E-state index is 10.9. The molecular formula is C10H11BrO3. The molecule has 0 heterocycles. The third-order valence-electron chi connectivity index (χ3n) is 1.88. The van der Waals surface area contributed by atoms with Crippen molar-refractivity contribution in [2.45, 2.75) is 13.8 Å². The van der Waals surface area contributed by atoms with Crippen LogP contribution in [0.25, 0.3) is 0 Å². The quantitative estimate of drug-likeness (QED) is 0.907. The second kappa shape index (κ2) is 4.46. The number of benzene rings is 1. The van der Waals surface area contributed by atoms with Gasteiger partial charge < -0.3 is 9.84 Å². The van der Waals surface area contributed by atoms with Crippen LogP contribution in [0, 0.1) is 6.92 Å². The van der Waals surface area contributed by atoms with Crippen LogP contribution in [0.1, 0.15) is 22.8 Å². The molecule has 1 N–H and O–H groups in total. The zero-order valence-corrected chi connectivity index (χ0v) is 9.59. The molecule has 14 heavy (non-hydrogen) atoms. The van der Waals surface area contributed by atoms with Crippen LogP contribution in [0.2, 0.25) is 0 Å². The number of hydrogen-bond acceptors (Lipinski definition) is 2. The van der Waals surface area contributed by atoms with E-state index >= 15 is 0 Å². The van der Waals surface area contributed by atoms with Gasteiger partial charge in [-0.15, -0.1) is 0 Å². The molecule has 0 fully saturated rings. The fourth-order valence-electron chi connectivity index (χ4n) is 1.23. The summed E-state index contributed by atoms with van der Waals surface area (Å²) in [7, 11) is 0. The molecule has 0 aromatic heterocycles. The third kappa shape index (κ3) is 2.07. The number of carboxylic acids is 1. The number of halogens is 1. The molecule has 76 valence electrons. The number of ether oxygens (including phenoxy) is 1. The van der Waals surface area contributed by atoms with E-state index in [0.29, 0.717) is 22.4 Å². The predicted molar refractivity (Wildman–Crippen MR) is 57.0 cm³/mol. The summed E-state index contributed by atoms with van der Waals surface area (Å²) >= 11 is 3.20. The molecule has 0 radical (unpaired) electrons. The van der Waals surface area contributed by atoms with Crippen molar-refractivity contribution in [1.82, 2.24) is 0 Å². The van der Waals surface area contributed by atoms with Crippen LogP contribution in [-0.4, -0.2) is 17.7 Å². The fraction of sp³-hybridized carbons (Fsp3) is 0.300. The molecule has 3 nitrogen and oxygen atoms in total. The molecular weight excluding hydrogens is 248 g/mol.